The summed E-state index contributed by atoms with van der Waals surface area (Å²) in [6, 6.07) is 4.14. The Morgan fingerprint density at radius 1 is 1.47 bits per heavy atom. The third kappa shape index (κ3) is 6.75. The highest BCUT2D eigenvalue weighted by atomic mass is 32.1. The predicted octanol–water partition coefficient (Wildman–Crippen LogP) is 1.20. The number of aliphatic hydroxyl groups is 1. The Balaban J connectivity index is 2.10. The van der Waals surface area contributed by atoms with Crippen molar-refractivity contribution in [2.75, 3.05) is 40.5 Å². The first-order valence-corrected chi connectivity index (χ1v) is 6.56. The lowest BCUT2D eigenvalue weighted by atomic mass is 10.3. The monoisotopic (exact) mass is 259 g/mol. The molecule has 1 unspecified atom stereocenters. The summed E-state index contributed by atoms with van der Waals surface area (Å²) >= 11 is 1.73. The summed E-state index contributed by atoms with van der Waals surface area (Å²) in [5.74, 6) is 0. The van der Waals surface area contributed by atoms with E-state index < -0.39 is 6.10 Å². The van der Waals surface area contributed by atoms with Gasteiger partial charge in [0.25, 0.3) is 0 Å². The van der Waals surface area contributed by atoms with Crippen LogP contribution in [-0.2, 0) is 16.0 Å². The summed E-state index contributed by atoms with van der Waals surface area (Å²) in [4.78, 5) is 3.40. The zero-order valence-electron chi connectivity index (χ0n) is 10.5. The number of thiophene rings is 1. The molecule has 98 valence electrons. The van der Waals surface area contributed by atoms with Gasteiger partial charge in [-0.1, -0.05) is 6.07 Å². The first-order chi connectivity index (χ1) is 8.22. The zero-order valence-corrected chi connectivity index (χ0v) is 11.3. The number of likely N-dealkylation sites (N-methyl/N-ethyl adjacent to an activating group) is 1. The average Bonchev–Trinajstić information content (AvgIpc) is 2.77. The van der Waals surface area contributed by atoms with E-state index in [0.29, 0.717) is 26.4 Å². The van der Waals surface area contributed by atoms with Gasteiger partial charge in [-0.15, -0.1) is 11.3 Å². The molecule has 5 heteroatoms. The molecule has 4 nitrogen and oxygen atoms in total. The van der Waals surface area contributed by atoms with Crippen LogP contribution in [0.5, 0.6) is 0 Å². The summed E-state index contributed by atoms with van der Waals surface area (Å²) in [6.07, 6.45) is -0.447. The van der Waals surface area contributed by atoms with Crippen molar-refractivity contribution in [1.29, 1.82) is 0 Å². The Morgan fingerprint density at radius 3 is 2.94 bits per heavy atom. The van der Waals surface area contributed by atoms with E-state index in [4.69, 9.17) is 9.47 Å². The molecule has 0 aromatic carbocycles. The van der Waals surface area contributed by atoms with E-state index in [1.54, 1.807) is 18.4 Å². The smallest absolute Gasteiger partial charge is 0.0900 e. The van der Waals surface area contributed by atoms with Gasteiger partial charge in [-0.3, -0.25) is 4.90 Å². The predicted molar refractivity (Wildman–Crippen MR) is 69.4 cm³/mol. The third-order valence-corrected chi connectivity index (χ3v) is 3.13. The minimum Gasteiger partial charge on any atom is -0.389 e. The van der Waals surface area contributed by atoms with Crippen molar-refractivity contribution in [2.45, 2.75) is 12.6 Å². The lowest BCUT2D eigenvalue weighted by Gasteiger charge is -2.19. The van der Waals surface area contributed by atoms with Crippen LogP contribution in [0.25, 0.3) is 0 Å². The van der Waals surface area contributed by atoms with Crippen LogP contribution in [0.4, 0.5) is 0 Å². The molecule has 1 rings (SSSR count). The molecular weight excluding hydrogens is 238 g/mol. The fourth-order valence-electron chi connectivity index (χ4n) is 1.51. The first kappa shape index (κ1) is 14.6. The van der Waals surface area contributed by atoms with Crippen LogP contribution < -0.4 is 0 Å². The van der Waals surface area contributed by atoms with Crippen molar-refractivity contribution < 1.29 is 14.6 Å². The minimum absolute atomic E-state index is 0.359. The van der Waals surface area contributed by atoms with Gasteiger partial charge < -0.3 is 14.6 Å². The Hall–Kier alpha value is -0.460. The van der Waals surface area contributed by atoms with Crippen LogP contribution >= 0.6 is 11.3 Å². The van der Waals surface area contributed by atoms with Crippen molar-refractivity contribution in [2.24, 2.45) is 0 Å². The standard InChI is InChI=1S/C12H21NO3S/c1-13(9-12-4-3-7-17-12)8-11(14)10-16-6-5-15-2/h3-4,7,11,14H,5-6,8-10H2,1-2H3. The Bertz CT molecular complexity index is 279. The molecule has 0 aliphatic rings. The first-order valence-electron chi connectivity index (χ1n) is 5.68. The number of rotatable bonds is 9. The number of nitrogens with zero attached hydrogens (tertiary/aromatic N) is 1. The lowest BCUT2D eigenvalue weighted by Crippen LogP contribution is -2.32. The maximum absolute atomic E-state index is 9.74. The van der Waals surface area contributed by atoms with Crippen LogP contribution in [0.1, 0.15) is 4.88 Å². The highest BCUT2D eigenvalue weighted by Gasteiger charge is 2.09. The van der Waals surface area contributed by atoms with Gasteiger partial charge in [0.2, 0.25) is 0 Å². The fraction of sp³-hybridized carbons (Fsp3) is 0.667. The topological polar surface area (TPSA) is 41.9 Å². The Kier molecular flexibility index (Phi) is 7.39. The van der Waals surface area contributed by atoms with Gasteiger partial charge in [0.15, 0.2) is 0 Å². The highest BCUT2D eigenvalue weighted by molar-refractivity contribution is 7.09. The summed E-state index contributed by atoms with van der Waals surface area (Å²) < 4.78 is 10.1. The molecule has 0 aliphatic carbocycles. The number of aliphatic hydroxyl groups excluding tert-OH is 1. The second kappa shape index (κ2) is 8.60. The van der Waals surface area contributed by atoms with Crippen molar-refractivity contribution >= 4 is 11.3 Å². The number of hydrogen-bond acceptors (Lipinski definition) is 5. The molecule has 1 heterocycles. The maximum Gasteiger partial charge on any atom is 0.0900 e. The molecular formula is C12H21NO3S. The van der Waals surface area contributed by atoms with Gasteiger partial charge in [-0.05, 0) is 18.5 Å². The molecule has 0 bridgehead atoms. The Morgan fingerprint density at radius 2 is 2.29 bits per heavy atom. The average molecular weight is 259 g/mol. The van der Waals surface area contributed by atoms with Crippen LogP contribution in [0, 0.1) is 0 Å². The van der Waals surface area contributed by atoms with E-state index in [0.717, 1.165) is 6.54 Å². The van der Waals surface area contributed by atoms with E-state index in [-0.39, 0.29) is 0 Å². The number of ether oxygens (including phenoxy) is 2. The van der Waals surface area contributed by atoms with Crippen molar-refractivity contribution in [3.63, 3.8) is 0 Å². The van der Waals surface area contributed by atoms with Gasteiger partial charge in [0.05, 0.1) is 25.9 Å². The van der Waals surface area contributed by atoms with Crippen LogP contribution in [0.3, 0.4) is 0 Å². The molecule has 0 saturated carbocycles. The Labute approximate surface area is 107 Å². The molecule has 0 fully saturated rings. The van der Waals surface area contributed by atoms with Gasteiger partial charge in [-0.25, -0.2) is 0 Å². The van der Waals surface area contributed by atoms with Gasteiger partial charge >= 0.3 is 0 Å². The van der Waals surface area contributed by atoms with Crippen LogP contribution in [-0.4, -0.2) is 56.6 Å². The number of hydrogen-bond donors (Lipinski definition) is 1. The summed E-state index contributed by atoms with van der Waals surface area (Å²) in [7, 11) is 3.63. The van der Waals surface area contributed by atoms with Crippen molar-refractivity contribution in [3.05, 3.63) is 22.4 Å². The molecule has 0 radical (unpaired) electrons. The molecule has 0 amide bonds. The lowest BCUT2D eigenvalue weighted by molar-refractivity contribution is 0.00170. The minimum atomic E-state index is -0.447. The number of methoxy groups -OCH3 is 1. The second-order valence-corrected chi connectivity index (χ2v) is 5.03. The summed E-state index contributed by atoms with van der Waals surface area (Å²) in [5.41, 5.74) is 0. The third-order valence-electron chi connectivity index (χ3n) is 2.27. The van der Waals surface area contributed by atoms with E-state index in [9.17, 15) is 5.11 Å². The zero-order chi connectivity index (χ0) is 12.5. The normalized spacial score (nSPS) is 13.2. The fourth-order valence-corrected chi connectivity index (χ4v) is 2.29. The molecule has 0 saturated heterocycles. The van der Waals surface area contributed by atoms with Gasteiger partial charge in [0.1, 0.15) is 0 Å². The molecule has 0 spiro atoms. The quantitative estimate of drug-likeness (QED) is 0.677. The van der Waals surface area contributed by atoms with Crippen LogP contribution in [0.2, 0.25) is 0 Å². The molecule has 1 aromatic heterocycles. The van der Waals surface area contributed by atoms with Crippen molar-refractivity contribution in [1.82, 2.24) is 4.90 Å². The maximum atomic E-state index is 9.74. The largest absolute Gasteiger partial charge is 0.389 e. The molecule has 1 N–H and O–H groups in total. The molecule has 1 atom stereocenters. The SMILES string of the molecule is COCCOCC(O)CN(C)Cc1cccs1. The molecule has 1 aromatic rings. The van der Waals surface area contributed by atoms with Crippen LogP contribution in [0.15, 0.2) is 17.5 Å². The summed E-state index contributed by atoms with van der Waals surface area (Å²) in [5, 5.41) is 11.8. The summed E-state index contributed by atoms with van der Waals surface area (Å²) in [6.45, 7) is 2.94. The van der Waals surface area contributed by atoms with Gasteiger partial charge in [-0.2, -0.15) is 0 Å². The van der Waals surface area contributed by atoms with E-state index >= 15 is 0 Å². The highest BCUT2D eigenvalue weighted by Crippen LogP contribution is 2.10. The van der Waals surface area contributed by atoms with E-state index in [1.807, 2.05) is 13.1 Å². The van der Waals surface area contributed by atoms with Crippen molar-refractivity contribution in [3.8, 4) is 0 Å². The molecule has 0 aliphatic heterocycles. The second-order valence-electron chi connectivity index (χ2n) is 4.00. The van der Waals surface area contributed by atoms with E-state index in [1.165, 1.54) is 4.88 Å². The van der Waals surface area contributed by atoms with E-state index in [2.05, 4.69) is 16.3 Å². The molecule has 17 heavy (non-hydrogen) atoms. The van der Waals surface area contributed by atoms with Gasteiger partial charge in [0, 0.05) is 25.1 Å².